The molecule has 1 amide bonds. The maximum absolute atomic E-state index is 13.0. The van der Waals surface area contributed by atoms with E-state index < -0.39 is 5.91 Å². The number of thiophene rings is 1. The SMILES string of the molecule is O=C(COCc1nc2ccccc2s1)Nn1cnc2scc(-c3ccccc3)c2c1=O. The van der Waals surface area contributed by atoms with Crippen molar-refractivity contribution >= 4 is 49.0 Å². The van der Waals surface area contributed by atoms with Gasteiger partial charge in [-0.15, -0.1) is 22.7 Å². The van der Waals surface area contributed by atoms with Crippen LogP contribution in [0.15, 0.2) is 71.1 Å². The topological polar surface area (TPSA) is 86.1 Å². The lowest BCUT2D eigenvalue weighted by atomic mass is 10.1. The van der Waals surface area contributed by atoms with Gasteiger partial charge in [0.1, 0.15) is 22.8 Å². The number of hydrogen-bond donors (Lipinski definition) is 1. The summed E-state index contributed by atoms with van der Waals surface area (Å²) in [7, 11) is 0. The van der Waals surface area contributed by atoms with Gasteiger partial charge >= 0.3 is 0 Å². The molecule has 1 N–H and O–H groups in total. The van der Waals surface area contributed by atoms with Crippen LogP contribution in [-0.2, 0) is 16.1 Å². The fraction of sp³-hybridized carbons (Fsp3) is 0.0909. The van der Waals surface area contributed by atoms with Gasteiger partial charge in [0.2, 0.25) is 0 Å². The molecule has 5 aromatic rings. The third-order valence-electron chi connectivity index (χ3n) is 4.62. The van der Waals surface area contributed by atoms with Crippen molar-refractivity contribution in [1.82, 2.24) is 14.6 Å². The molecule has 0 spiro atoms. The van der Waals surface area contributed by atoms with E-state index in [1.165, 1.54) is 29.0 Å². The summed E-state index contributed by atoms with van der Waals surface area (Å²) in [6.45, 7) is 0.0250. The minimum absolute atomic E-state index is 0.199. The molecule has 7 nitrogen and oxygen atoms in total. The number of fused-ring (bicyclic) bond motifs is 2. The van der Waals surface area contributed by atoms with Gasteiger partial charge in [-0.2, -0.15) is 0 Å². The number of para-hydroxylation sites is 1. The van der Waals surface area contributed by atoms with Crippen LogP contribution >= 0.6 is 22.7 Å². The van der Waals surface area contributed by atoms with Crippen LogP contribution in [-0.4, -0.2) is 27.2 Å². The Morgan fingerprint density at radius 2 is 1.90 bits per heavy atom. The fourth-order valence-corrected chi connectivity index (χ4v) is 5.03. The average Bonchev–Trinajstić information content (AvgIpc) is 3.40. The van der Waals surface area contributed by atoms with Crippen molar-refractivity contribution in [2.45, 2.75) is 6.61 Å². The highest BCUT2D eigenvalue weighted by Crippen LogP contribution is 2.30. The van der Waals surface area contributed by atoms with Gasteiger partial charge in [0.15, 0.2) is 0 Å². The Balaban J connectivity index is 1.29. The summed E-state index contributed by atoms with van der Waals surface area (Å²) >= 11 is 2.92. The van der Waals surface area contributed by atoms with Gasteiger partial charge in [0, 0.05) is 10.9 Å². The molecule has 3 aromatic heterocycles. The molecular formula is C22H16N4O3S2. The van der Waals surface area contributed by atoms with Crippen LogP contribution in [0, 0.1) is 0 Å². The van der Waals surface area contributed by atoms with Crippen LogP contribution in [0.5, 0.6) is 0 Å². The Kier molecular flexibility index (Phi) is 5.29. The smallest absolute Gasteiger partial charge is 0.281 e. The Hall–Kier alpha value is -3.40. The monoisotopic (exact) mass is 448 g/mol. The third kappa shape index (κ3) is 3.98. The Morgan fingerprint density at radius 3 is 2.74 bits per heavy atom. The summed E-state index contributed by atoms with van der Waals surface area (Å²) in [4.78, 5) is 34.7. The van der Waals surface area contributed by atoms with Crippen LogP contribution in [0.3, 0.4) is 0 Å². The van der Waals surface area contributed by atoms with Crippen molar-refractivity contribution in [2.75, 3.05) is 12.0 Å². The number of ether oxygens (including phenoxy) is 1. The fourth-order valence-electron chi connectivity index (χ4n) is 3.22. The molecule has 0 unspecified atom stereocenters. The highest BCUT2D eigenvalue weighted by atomic mass is 32.1. The molecule has 0 saturated carbocycles. The quantitative estimate of drug-likeness (QED) is 0.424. The summed E-state index contributed by atoms with van der Waals surface area (Å²) in [6, 6.07) is 17.4. The minimum Gasteiger partial charge on any atom is -0.364 e. The summed E-state index contributed by atoms with van der Waals surface area (Å²) in [5.41, 5.74) is 4.86. The number of carbonyl (C=O) groups excluding carboxylic acids is 1. The number of rotatable bonds is 6. The molecule has 3 heterocycles. The second-order valence-electron chi connectivity index (χ2n) is 6.72. The summed E-state index contributed by atoms with van der Waals surface area (Å²) in [5.74, 6) is -0.444. The van der Waals surface area contributed by atoms with E-state index in [4.69, 9.17) is 4.74 Å². The van der Waals surface area contributed by atoms with Gasteiger partial charge in [0.25, 0.3) is 11.5 Å². The molecule has 9 heteroatoms. The molecular weight excluding hydrogens is 432 g/mol. The lowest BCUT2D eigenvalue weighted by Crippen LogP contribution is -2.35. The zero-order valence-electron chi connectivity index (χ0n) is 16.1. The van der Waals surface area contributed by atoms with E-state index in [9.17, 15) is 9.59 Å². The van der Waals surface area contributed by atoms with Crippen molar-refractivity contribution in [2.24, 2.45) is 0 Å². The van der Waals surface area contributed by atoms with Crippen molar-refractivity contribution in [3.63, 3.8) is 0 Å². The van der Waals surface area contributed by atoms with E-state index in [2.05, 4.69) is 15.4 Å². The number of amides is 1. The lowest BCUT2D eigenvalue weighted by Gasteiger charge is -2.08. The summed E-state index contributed by atoms with van der Waals surface area (Å²) in [5, 5.41) is 3.18. The standard InChI is InChI=1S/C22H16N4O3S2/c27-18(10-29-11-19-24-16-8-4-5-9-17(16)31-19)25-26-13-23-21-20(22(26)28)15(12-30-21)14-6-2-1-3-7-14/h1-9,12-13H,10-11H2,(H,25,27). The number of carbonyl (C=O) groups is 1. The van der Waals surface area contributed by atoms with Gasteiger partial charge < -0.3 is 4.74 Å². The second kappa shape index (κ2) is 8.38. The highest BCUT2D eigenvalue weighted by molar-refractivity contribution is 7.18. The van der Waals surface area contributed by atoms with Gasteiger partial charge in [-0.05, 0) is 17.7 Å². The van der Waals surface area contributed by atoms with Crippen LogP contribution in [0.25, 0.3) is 31.6 Å². The van der Waals surface area contributed by atoms with Crippen LogP contribution in [0.1, 0.15) is 5.01 Å². The first kappa shape index (κ1) is 19.6. The third-order valence-corrected chi connectivity index (χ3v) is 6.52. The Bertz CT molecular complexity index is 1410. The lowest BCUT2D eigenvalue weighted by molar-refractivity contribution is -0.122. The zero-order chi connectivity index (χ0) is 21.2. The largest absolute Gasteiger partial charge is 0.364 e. The predicted molar refractivity (Wildman–Crippen MR) is 123 cm³/mol. The number of aromatic nitrogens is 3. The van der Waals surface area contributed by atoms with E-state index >= 15 is 0 Å². The van der Waals surface area contributed by atoms with E-state index in [-0.39, 0.29) is 18.8 Å². The van der Waals surface area contributed by atoms with Gasteiger partial charge in [-0.3, -0.25) is 15.0 Å². The molecule has 0 bridgehead atoms. The molecule has 2 aromatic carbocycles. The Morgan fingerprint density at radius 1 is 1.10 bits per heavy atom. The number of nitrogens with zero attached hydrogens (tertiary/aromatic N) is 3. The van der Waals surface area contributed by atoms with Gasteiger partial charge in [0.05, 0.1) is 22.2 Å². The maximum Gasteiger partial charge on any atom is 0.281 e. The van der Waals surface area contributed by atoms with E-state index in [0.717, 1.165) is 31.0 Å². The highest BCUT2D eigenvalue weighted by Gasteiger charge is 2.14. The molecule has 0 saturated heterocycles. The molecule has 0 fully saturated rings. The minimum atomic E-state index is -0.444. The molecule has 154 valence electrons. The van der Waals surface area contributed by atoms with Crippen LogP contribution < -0.4 is 11.0 Å². The first-order valence-corrected chi connectivity index (χ1v) is 11.1. The molecule has 0 aliphatic carbocycles. The van der Waals surface area contributed by atoms with Crippen molar-refractivity contribution < 1.29 is 9.53 Å². The predicted octanol–water partition coefficient (Wildman–Crippen LogP) is 4.02. The van der Waals surface area contributed by atoms with Crippen molar-refractivity contribution in [1.29, 1.82) is 0 Å². The molecule has 31 heavy (non-hydrogen) atoms. The summed E-state index contributed by atoms with van der Waals surface area (Å²) < 4.78 is 7.66. The summed E-state index contributed by atoms with van der Waals surface area (Å²) in [6.07, 6.45) is 1.32. The average molecular weight is 449 g/mol. The molecule has 5 rings (SSSR count). The maximum atomic E-state index is 13.0. The van der Waals surface area contributed by atoms with Crippen LogP contribution in [0.4, 0.5) is 0 Å². The van der Waals surface area contributed by atoms with E-state index in [0.29, 0.717) is 10.2 Å². The number of thiazole rings is 1. The number of nitrogens with one attached hydrogen (secondary N) is 1. The molecule has 0 aliphatic heterocycles. The van der Waals surface area contributed by atoms with E-state index in [1.54, 1.807) is 0 Å². The molecule has 0 radical (unpaired) electrons. The molecule has 0 atom stereocenters. The Labute approximate surface area is 184 Å². The van der Waals surface area contributed by atoms with Crippen LogP contribution in [0.2, 0.25) is 0 Å². The first-order chi connectivity index (χ1) is 15.2. The van der Waals surface area contributed by atoms with Crippen molar-refractivity contribution in [3.05, 3.63) is 81.7 Å². The van der Waals surface area contributed by atoms with Gasteiger partial charge in [-0.25, -0.2) is 14.6 Å². The van der Waals surface area contributed by atoms with E-state index in [1.807, 2.05) is 60.0 Å². The normalized spacial score (nSPS) is 11.2. The number of hydrogen-bond acceptors (Lipinski definition) is 7. The zero-order valence-corrected chi connectivity index (χ0v) is 17.8. The molecule has 0 aliphatic rings. The first-order valence-electron chi connectivity index (χ1n) is 9.45. The number of benzene rings is 2. The van der Waals surface area contributed by atoms with Crippen molar-refractivity contribution in [3.8, 4) is 11.1 Å². The second-order valence-corrected chi connectivity index (χ2v) is 8.69. The van der Waals surface area contributed by atoms with Gasteiger partial charge in [-0.1, -0.05) is 42.5 Å².